The number of nitrogens with two attached hydrogens (primary N) is 1. The van der Waals surface area contributed by atoms with Gasteiger partial charge in [-0.25, -0.2) is 4.79 Å². The number of aromatic nitrogens is 3. The predicted octanol–water partition coefficient (Wildman–Crippen LogP) is 5.92. The van der Waals surface area contributed by atoms with Crippen molar-refractivity contribution in [3.8, 4) is 0 Å². The molecule has 0 radical (unpaired) electrons. The number of anilines is 1. The molecule has 1 aliphatic rings. The Kier molecular flexibility index (Phi) is 9.49. The van der Waals surface area contributed by atoms with E-state index in [0.29, 0.717) is 6.61 Å². The van der Waals surface area contributed by atoms with Gasteiger partial charge in [0.2, 0.25) is 0 Å². The largest absolute Gasteiger partial charge is 0.414 e. The normalized spacial score (nSPS) is 24.2. The van der Waals surface area contributed by atoms with Gasteiger partial charge >= 0.3 is 5.69 Å². The van der Waals surface area contributed by atoms with E-state index in [-0.39, 0.29) is 20.9 Å². The molecule has 1 saturated heterocycles. The molecule has 0 amide bonds. The van der Waals surface area contributed by atoms with Gasteiger partial charge in [-0.05, 0) is 54.4 Å². The summed E-state index contributed by atoms with van der Waals surface area (Å²) >= 11 is 0. The highest BCUT2D eigenvalue weighted by molar-refractivity contribution is 6.75. The average Bonchev–Trinajstić information content (AvgIpc) is 3.00. The fraction of sp³-hybridized carbons (Fsp3) is 0.885. The minimum Gasteiger partial charge on any atom is -0.414 e. The molecule has 0 saturated carbocycles. The van der Waals surface area contributed by atoms with E-state index in [0.717, 1.165) is 0 Å². The van der Waals surface area contributed by atoms with Crippen LogP contribution < -0.4 is 11.4 Å². The van der Waals surface area contributed by atoms with Gasteiger partial charge in [-0.2, -0.15) is 14.8 Å². The zero-order chi connectivity index (χ0) is 29.7. The van der Waals surface area contributed by atoms with E-state index in [1.807, 2.05) is 0 Å². The van der Waals surface area contributed by atoms with Crippen LogP contribution in [-0.4, -0.2) is 64.6 Å². The third kappa shape index (κ3) is 7.24. The maximum Gasteiger partial charge on any atom is 0.368 e. The summed E-state index contributed by atoms with van der Waals surface area (Å²) in [7, 11) is -6.68. The van der Waals surface area contributed by atoms with Crippen LogP contribution in [0.25, 0.3) is 0 Å². The first-order valence-electron chi connectivity index (χ1n) is 13.7. The monoisotopic (exact) mass is 586 g/mol. The summed E-state index contributed by atoms with van der Waals surface area (Å²) in [5, 5.41) is 4.26. The lowest BCUT2D eigenvalue weighted by Crippen LogP contribution is -2.55. The summed E-state index contributed by atoms with van der Waals surface area (Å²) in [6.45, 7) is 33.5. The molecule has 2 N–H and O–H groups in total. The first-order valence-corrected chi connectivity index (χ1v) is 22.4. The molecular weight excluding hydrogens is 533 g/mol. The van der Waals surface area contributed by atoms with Crippen molar-refractivity contribution >= 4 is 30.8 Å². The molecule has 2 rings (SSSR count). The molecule has 1 aliphatic heterocycles. The van der Waals surface area contributed by atoms with Gasteiger partial charge in [0.15, 0.2) is 31.2 Å². The third-order valence-electron chi connectivity index (χ3n) is 9.15. The minimum absolute atomic E-state index is 0.0325. The van der Waals surface area contributed by atoms with Gasteiger partial charge in [0.25, 0.3) is 0 Å². The molecule has 9 nitrogen and oxygen atoms in total. The van der Waals surface area contributed by atoms with Gasteiger partial charge < -0.3 is 23.7 Å². The molecule has 12 heteroatoms. The van der Waals surface area contributed by atoms with E-state index in [9.17, 15) is 4.79 Å². The minimum atomic E-state index is -2.32. The van der Waals surface area contributed by atoms with E-state index in [2.05, 4.69) is 112 Å². The van der Waals surface area contributed by atoms with E-state index in [1.54, 1.807) is 0 Å². The van der Waals surface area contributed by atoms with Crippen LogP contribution in [0.2, 0.25) is 54.4 Å². The number of hydrogen-bond acceptors (Lipinski definition) is 8. The fourth-order valence-corrected chi connectivity index (χ4v) is 7.00. The summed E-state index contributed by atoms with van der Waals surface area (Å²) in [6, 6.07) is 0. The van der Waals surface area contributed by atoms with Crippen molar-refractivity contribution < 1.29 is 18.0 Å². The van der Waals surface area contributed by atoms with Gasteiger partial charge in [0.1, 0.15) is 24.1 Å². The molecule has 0 aliphatic carbocycles. The highest BCUT2D eigenvalue weighted by Gasteiger charge is 2.55. The van der Waals surface area contributed by atoms with Crippen molar-refractivity contribution in [1.82, 2.24) is 14.8 Å². The zero-order valence-electron chi connectivity index (χ0n) is 26.6. The Morgan fingerprint density at radius 2 is 1.29 bits per heavy atom. The van der Waals surface area contributed by atoms with E-state index in [4.69, 9.17) is 23.7 Å². The van der Waals surface area contributed by atoms with Crippen LogP contribution in [0.3, 0.4) is 0 Å². The first kappa shape index (κ1) is 33.3. The molecule has 1 aromatic heterocycles. The maximum atomic E-state index is 13.0. The second kappa shape index (κ2) is 10.8. The highest BCUT2D eigenvalue weighted by Crippen LogP contribution is 2.46. The summed E-state index contributed by atoms with van der Waals surface area (Å²) in [5.41, 5.74) is 5.18. The molecule has 220 valence electrons. The lowest BCUT2D eigenvalue weighted by atomic mass is 10.1. The number of nitrogens with zero attached hydrogens (tertiary/aromatic N) is 3. The summed E-state index contributed by atoms with van der Waals surface area (Å²) in [6.07, 6.45) is -0.881. The molecule has 0 bridgehead atoms. The Morgan fingerprint density at radius 3 is 1.71 bits per heavy atom. The van der Waals surface area contributed by atoms with Crippen molar-refractivity contribution in [1.29, 1.82) is 0 Å². The molecule has 2 heterocycles. The summed E-state index contributed by atoms with van der Waals surface area (Å²) < 4.78 is 28.6. The second-order valence-electron chi connectivity index (χ2n) is 15.2. The van der Waals surface area contributed by atoms with Crippen molar-refractivity contribution in [2.75, 3.05) is 12.3 Å². The lowest BCUT2D eigenvalue weighted by molar-refractivity contribution is -0.0577. The van der Waals surface area contributed by atoms with Crippen LogP contribution in [0, 0.1) is 0 Å². The fourth-order valence-electron chi connectivity index (χ4n) is 3.38. The van der Waals surface area contributed by atoms with Gasteiger partial charge in [-0.1, -0.05) is 62.3 Å². The van der Waals surface area contributed by atoms with Crippen LogP contribution in [0.5, 0.6) is 0 Å². The van der Waals surface area contributed by atoms with Crippen LogP contribution >= 0.6 is 0 Å². The molecular formula is C26H54N4O5Si3. The molecule has 38 heavy (non-hydrogen) atoms. The Bertz CT molecular complexity index is 1030. The van der Waals surface area contributed by atoms with E-state index >= 15 is 0 Å². The highest BCUT2D eigenvalue weighted by atomic mass is 28.4. The quantitative estimate of drug-likeness (QED) is 0.374. The molecule has 0 aromatic carbocycles. The van der Waals surface area contributed by atoms with Gasteiger partial charge in [-0.15, -0.1) is 0 Å². The summed E-state index contributed by atoms with van der Waals surface area (Å²) in [4.78, 5) is 16.9. The zero-order valence-corrected chi connectivity index (χ0v) is 29.6. The first-order chi connectivity index (χ1) is 16.8. The topological polar surface area (TPSA) is 111 Å². The molecule has 1 aromatic rings. The predicted molar refractivity (Wildman–Crippen MR) is 162 cm³/mol. The standard InChI is InChI=1S/C26H54N4O5Si3/c1-24(2,3)36(10,11)32-17-18-20(34-37(12,13)25(4,5)6)21(35-38(14,15)26(7,8)9)22(33-18)30-23(31)29-19(27)16-28-30/h16,18,20-22H,17H2,1-15H3,(H2,27,29,31)/t18-,20-,21-,22-/m1/s1. The Balaban J connectivity index is 2.64. The van der Waals surface area contributed by atoms with Crippen LogP contribution in [0.1, 0.15) is 68.5 Å². The third-order valence-corrected chi connectivity index (χ3v) is 22.6. The Morgan fingerprint density at radius 1 is 0.842 bits per heavy atom. The second-order valence-corrected chi connectivity index (χ2v) is 29.6. The van der Waals surface area contributed by atoms with Crippen molar-refractivity contribution in [2.45, 2.75) is 141 Å². The van der Waals surface area contributed by atoms with Crippen LogP contribution in [0.15, 0.2) is 11.0 Å². The van der Waals surface area contributed by atoms with Gasteiger partial charge in [0.05, 0.1) is 12.8 Å². The molecule has 0 unspecified atom stereocenters. The summed E-state index contributed by atoms with van der Waals surface area (Å²) in [5.74, 6) is 0.0676. The number of ether oxygens (including phenoxy) is 1. The van der Waals surface area contributed by atoms with Crippen molar-refractivity contribution in [3.63, 3.8) is 0 Å². The van der Waals surface area contributed by atoms with Gasteiger partial charge in [-0.3, -0.25) is 0 Å². The van der Waals surface area contributed by atoms with E-state index in [1.165, 1.54) is 10.9 Å². The molecule has 4 atom stereocenters. The maximum absolute atomic E-state index is 13.0. The number of hydrogen-bond donors (Lipinski definition) is 1. The van der Waals surface area contributed by atoms with Crippen molar-refractivity contribution in [2.24, 2.45) is 0 Å². The number of nitrogen functional groups attached to an aromatic ring is 1. The molecule has 1 fully saturated rings. The van der Waals surface area contributed by atoms with E-state index < -0.39 is 55.2 Å². The average molecular weight is 587 g/mol. The number of rotatable bonds is 8. The van der Waals surface area contributed by atoms with Crippen molar-refractivity contribution in [3.05, 3.63) is 16.7 Å². The SMILES string of the molecule is CC(C)(C)[Si](C)(C)OC[C@H]1O[C@@H](n2ncc(N)nc2=O)[C@H](O[Si](C)(C)C(C)(C)C)[C@@H]1O[Si](C)(C)C(C)(C)C. The smallest absolute Gasteiger partial charge is 0.368 e. The Hall–Kier alpha value is -0.899. The van der Waals surface area contributed by atoms with Crippen LogP contribution in [0.4, 0.5) is 5.82 Å². The van der Waals surface area contributed by atoms with Gasteiger partial charge in [0, 0.05) is 0 Å². The molecule has 0 spiro atoms. The lowest BCUT2D eigenvalue weighted by Gasteiger charge is -2.44. The Labute approximate surface area is 233 Å². The van der Waals surface area contributed by atoms with Crippen LogP contribution in [-0.2, 0) is 18.0 Å².